The molecule has 0 saturated carbocycles. The van der Waals surface area contributed by atoms with Crippen LogP contribution in [-0.4, -0.2) is 45.1 Å². The van der Waals surface area contributed by atoms with E-state index in [-0.39, 0.29) is 18.6 Å². The molecule has 5 nitrogen and oxygen atoms in total. The Hall–Kier alpha value is -2.40. The van der Waals surface area contributed by atoms with Crippen LogP contribution in [0.3, 0.4) is 0 Å². The van der Waals surface area contributed by atoms with Crippen molar-refractivity contribution < 1.29 is 9.90 Å². The van der Waals surface area contributed by atoms with Gasteiger partial charge in [-0.25, -0.2) is 4.98 Å². The van der Waals surface area contributed by atoms with Gasteiger partial charge >= 0.3 is 0 Å². The first-order valence-corrected chi connectivity index (χ1v) is 8.48. The maximum Gasteiger partial charge on any atom is 0.246 e. The molecular formula is C19H23N3O2. The number of aliphatic hydroxyl groups is 1. The van der Waals surface area contributed by atoms with Gasteiger partial charge in [-0.3, -0.25) is 4.79 Å². The van der Waals surface area contributed by atoms with Gasteiger partial charge in [-0.2, -0.15) is 0 Å². The second kappa shape index (κ2) is 7.93. The number of imidazole rings is 1. The van der Waals surface area contributed by atoms with Crippen LogP contribution in [0.4, 0.5) is 0 Å². The molecule has 1 amide bonds. The molecule has 1 fully saturated rings. The van der Waals surface area contributed by atoms with Gasteiger partial charge in [-0.05, 0) is 31.8 Å². The van der Waals surface area contributed by atoms with E-state index in [1.165, 1.54) is 0 Å². The lowest BCUT2D eigenvalue weighted by Crippen LogP contribution is -2.43. The average Bonchev–Trinajstić information content (AvgIpc) is 3.10. The molecule has 1 saturated heterocycles. The molecule has 1 atom stereocenters. The van der Waals surface area contributed by atoms with Gasteiger partial charge in [-0.1, -0.05) is 30.3 Å². The van der Waals surface area contributed by atoms with Gasteiger partial charge in [0.15, 0.2) is 0 Å². The first kappa shape index (κ1) is 16.5. The first-order chi connectivity index (χ1) is 11.8. The van der Waals surface area contributed by atoms with E-state index >= 15 is 0 Å². The van der Waals surface area contributed by atoms with E-state index in [4.69, 9.17) is 0 Å². The van der Waals surface area contributed by atoms with E-state index in [0.29, 0.717) is 6.42 Å². The van der Waals surface area contributed by atoms with E-state index < -0.39 is 0 Å². The van der Waals surface area contributed by atoms with Crippen LogP contribution in [0, 0.1) is 0 Å². The number of hydrogen-bond acceptors (Lipinski definition) is 3. The number of aliphatic hydroxyl groups excluding tert-OH is 1. The smallest absolute Gasteiger partial charge is 0.246 e. The minimum Gasteiger partial charge on any atom is -0.396 e. The average molecular weight is 325 g/mol. The van der Waals surface area contributed by atoms with E-state index in [1.807, 2.05) is 35.2 Å². The molecule has 2 heterocycles. The van der Waals surface area contributed by atoms with Crippen LogP contribution >= 0.6 is 0 Å². The van der Waals surface area contributed by atoms with E-state index in [1.54, 1.807) is 18.5 Å². The fraction of sp³-hybridized carbons (Fsp3) is 0.368. The molecule has 0 spiro atoms. The van der Waals surface area contributed by atoms with Crippen LogP contribution in [0.5, 0.6) is 0 Å². The minimum atomic E-state index is 0.00163. The summed E-state index contributed by atoms with van der Waals surface area (Å²) in [5.74, 6) is 0.00163. The number of piperidine rings is 1. The molecule has 1 aliphatic rings. The molecule has 126 valence electrons. The van der Waals surface area contributed by atoms with Gasteiger partial charge in [0.25, 0.3) is 0 Å². The van der Waals surface area contributed by atoms with Crippen molar-refractivity contribution in [2.24, 2.45) is 0 Å². The molecular weight excluding hydrogens is 302 g/mol. The molecule has 5 heteroatoms. The number of hydrogen-bond donors (Lipinski definition) is 2. The van der Waals surface area contributed by atoms with E-state index in [2.05, 4.69) is 9.97 Å². The second-order valence-corrected chi connectivity index (χ2v) is 6.06. The zero-order valence-electron chi connectivity index (χ0n) is 13.7. The number of benzene rings is 1. The molecule has 0 bridgehead atoms. The first-order valence-electron chi connectivity index (χ1n) is 8.48. The maximum atomic E-state index is 12.5. The third kappa shape index (κ3) is 3.74. The van der Waals surface area contributed by atoms with Crippen molar-refractivity contribution in [1.82, 2.24) is 14.9 Å². The summed E-state index contributed by atoms with van der Waals surface area (Å²) in [5, 5.41) is 9.19. The molecule has 1 unspecified atom stereocenters. The number of nitrogens with one attached hydrogen (secondary N) is 1. The van der Waals surface area contributed by atoms with Crippen LogP contribution in [0.15, 0.2) is 42.7 Å². The predicted molar refractivity (Wildman–Crippen MR) is 94.1 cm³/mol. The van der Waals surface area contributed by atoms with Crippen LogP contribution in [-0.2, 0) is 4.79 Å². The molecule has 1 aromatic heterocycles. The van der Waals surface area contributed by atoms with Crippen LogP contribution < -0.4 is 0 Å². The van der Waals surface area contributed by atoms with Crippen molar-refractivity contribution >= 4 is 12.0 Å². The Labute approximate surface area is 142 Å². The van der Waals surface area contributed by atoms with Gasteiger partial charge in [0.05, 0.1) is 17.7 Å². The van der Waals surface area contributed by atoms with Gasteiger partial charge in [-0.15, -0.1) is 0 Å². The van der Waals surface area contributed by atoms with E-state index in [0.717, 1.165) is 42.8 Å². The van der Waals surface area contributed by atoms with Crippen molar-refractivity contribution in [1.29, 1.82) is 0 Å². The largest absolute Gasteiger partial charge is 0.396 e. The standard InChI is InChI=1S/C19H23N3O2/c23-13-11-16-8-4-5-12-22(16)18(24)10-9-17-19(21-14-20-17)15-6-2-1-3-7-15/h1-3,6-7,9-10,14,16,23H,4-5,8,11-13H2,(H,20,21)/b10-9+. The number of carbonyl (C=O) groups excluding carboxylic acids is 1. The number of likely N-dealkylation sites (tertiary alicyclic amines) is 1. The minimum absolute atomic E-state index is 0.00163. The SMILES string of the molecule is O=C(/C=C/c1[nH]cnc1-c1ccccc1)N1CCCCC1CCO. The summed E-state index contributed by atoms with van der Waals surface area (Å²) in [6.45, 7) is 0.888. The lowest BCUT2D eigenvalue weighted by Gasteiger charge is -2.34. The zero-order chi connectivity index (χ0) is 16.8. The third-order valence-electron chi connectivity index (χ3n) is 4.48. The second-order valence-electron chi connectivity index (χ2n) is 6.06. The van der Waals surface area contributed by atoms with E-state index in [9.17, 15) is 9.90 Å². The number of aromatic nitrogens is 2. The summed E-state index contributed by atoms with van der Waals surface area (Å²) in [5.41, 5.74) is 2.68. The molecule has 1 aliphatic heterocycles. The van der Waals surface area contributed by atoms with Crippen molar-refractivity contribution in [3.05, 3.63) is 48.4 Å². The quantitative estimate of drug-likeness (QED) is 0.831. The van der Waals surface area contributed by atoms with Gasteiger partial charge in [0.2, 0.25) is 5.91 Å². The fourth-order valence-corrected chi connectivity index (χ4v) is 3.25. The third-order valence-corrected chi connectivity index (χ3v) is 4.48. The summed E-state index contributed by atoms with van der Waals surface area (Å²) >= 11 is 0. The lowest BCUT2D eigenvalue weighted by molar-refractivity contribution is -0.129. The number of aromatic amines is 1. The Morgan fingerprint density at radius 3 is 2.96 bits per heavy atom. The molecule has 2 aromatic rings. The summed E-state index contributed by atoms with van der Waals surface area (Å²) in [7, 11) is 0. The van der Waals surface area contributed by atoms with Gasteiger partial charge < -0.3 is 15.0 Å². The highest BCUT2D eigenvalue weighted by Gasteiger charge is 2.24. The fourth-order valence-electron chi connectivity index (χ4n) is 3.25. The zero-order valence-corrected chi connectivity index (χ0v) is 13.7. The Morgan fingerprint density at radius 2 is 2.17 bits per heavy atom. The van der Waals surface area contributed by atoms with Crippen molar-refractivity contribution in [2.45, 2.75) is 31.7 Å². The Kier molecular flexibility index (Phi) is 5.43. The Balaban J connectivity index is 1.74. The number of carbonyl (C=O) groups is 1. The molecule has 3 rings (SSSR count). The summed E-state index contributed by atoms with van der Waals surface area (Å²) in [6, 6.07) is 10.0. The van der Waals surface area contributed by atoms with Crippen molar-refractivity contribution in [3.63, 3.8) is 0 Å². The predicted octanol–water partition coefficient (Wildman–Crippen LogP) is 2.85. The highest BCUT2D eigenvalue weighted by molar-refractivity contribution is 5.92. The molecule has 0 radical (unpaired) electrons. The van der Waals surface area contributed by atoms with Crippen LogP contribution in [0.2, 0.25) is 0 Å². The summed E-state index contributed by atoms with van der Waals surface area (Å²) in [6.07, 6.45) is 8.82. The normalized spacial score (nSPS) is 18.2. The Bertz CT molecular complexity index is 692. The molecule has 2 N–H and O–H groups in total. The maximum absolute atomic E-state index is 12.5. The number of nitrogens with zero attached hydrogens (tertiary/aromatic N) is 2. The monoisotopic (exact) mass is 325 g/mol. The molecule has 24 heavy (non-hydrogen) atoms. The summed E-state index contributed by atoms with van der Waals surface area (Å²) < 4.78 is 0. The number of amides is 1. The number of rotatable bonds is 5. The van der Waals surface area contributed by atoms with Crippen molar-refractivity contribution in [3.8, 4) is 11.3 Å². The highest BCUT2D eigenvalue weighted by Crippen LogP contribution is 2.22. The van der Waals surface area contributed by atoms with Gasteiger partial charge in [0, 0.05) is 30.8 Å². The summed E-state index contributed by atoms with van der Waals surface area (Å²) in [4.78, 5) is 21.9. The lowest BCUT2D eigenvalue weighted by atomic mass is 9.99. The van der Waals surface area contributed by atoms with Gasteiger partial charge in [0.1, 0.15) is 0 Å². The topological polar surface area (TPSA) is 69.2 Å². The Morgan fingerprint density at radius 1 is 1.33 bits per heavy atom. The highest BCUT2D eigenvalue weighted by atomic mass is 16.3. The molecule has 1 aromatic carbocycles. The van der Waals surface area contributed by atoms with Crippen molar-refractivity contribution in [2.75, 3.05) is 13.2 Å². The molecule has 0 aliphatic carbocycles. The van der Waals surface area contributed by atoms with Crippen LogP contribution in [0.1, 0.15) is 31.4 Å². The number of H-pyrrole nitrogens is 1. The van der Waals surface area contributed by atoms with Crippen LogP contribution in [0.25, 0.3) is 17.3 Å².